The minimum Gasteiger partial charge on any atom is -0.368 e. The van der Waals surface area contributed by atoms with Gasteiger partial charge in [-0.25, -0.2) is 9.97 Å². The van der Waals surface area contributed by atoms with Gasteiger partial charge in [0.2, 0.25) is 0 Å². The van der Waals surface area contributed by atoms with Crippen LogP contribution in [-0.4, -0.2) is 34.6 Å². The predicted octanol–water partition coefficient (Wildman–Crippen LogP) is 4.31. The second-order valence-electron chi connectivity index (χ2n) is 7.08. The minimum atomic E-state index is -0.0707. The van der Waals surface area contributed by atoms with Crippen molar-refractivity contribution in [3.63, 3.8) is 0 Å². The standard InChI is InChI=1S/C22H23ClN4O/c1-15-11-22(26-16(2)25-15)27-9-10-28-21(14-27)20-8-7-17(13-24-20)12-18-5-3-4-6-19(18)23/h3-8,11,13,21H,9-10,12,14H2,1-2H3/t21-/m0/s1. The first-order chi connectivity index (χ1) is 13.6. The lowest BCUT2D eigenvalue weighted by Gasteiger charge is -2.33. The second kappa shape index (κ2) is 8.25. The van der Waals surface area contributed by atoms with Crippen molar-refractivity contribution in [2.24, 2.45) is 0 Å². The van der Waals surface area contributed by atoms with E-state index >= 15 is 0 Å². The summed E-state index contributed by atoms with van der Waals surface area (Å²) < 4.78 is 5.98. The van der Waals surface area contributed by atoms with E-state index in [9.17, 15) is 0 Å². The van der Waals surface area contributed by atoms with Gasteiger partial charge in [-0.05, 0) is 37.1 Å². The number of hydrogen-bond acceptors (Lipinski definition) is 5. The molecule has 1 aliphatic heterocycles. The van der Waals surface area contributed by atoms with E-state index in [4.69, 9.17) is 16.3 Å². The summed E-state index contributed by atoms with van der Waals surface area (Å²) in [4.78, 5) is 15.9. The minimum absolute atomic E-state index is 0.0707. The van der Waals surface area contributed by atoms with Crippen LogP contribution < -0.4 is 4.90 Å². The van der Waals surface area contributed by atoms with Crippen molar-refractivity contribution < 1.29 is 4.74 Å². The quantitative estimate of drug-likeness (QED) is 0.660. The lowest BCUT2D eigenvalue weighted by molar-refractivity contribution is 0.0367. The number of halogens is 1. The van der Waals surface area contributed by atoms with Crippen LogP contribution in [0.25, 0.3) is 0 Å². The van der Waals surface area contributed by atoms with Crippen molar-refractivity contribution in [3.8, 4) is 0 Å². The SMILES string of the molecule is Cc1cc(N2CCO[C@H](c3ccc(Cc4ccccc4Cl)cn3)C2)nc(C)n1. The number of hydrogen-bond donors (Lipinski definition) is 0. The number of aryl methyl sites for hydroxylation is 2. The van der Waals surface area contributed by atoms with Crippen LogP contribution in [0.2, 0.25) is 5.02 Å². The van der Waals surface area contributed by atoms with Gasteiger partial charge in [0.15, 0.2) is 0 Å². The lowest BCUT2D eigenvalue weighted by atomic mass is 10.1. The van der Waals surface area contributed by atoms with E-state index in [0.29, 0.717) is 6.61 Å². The lowest BCUT2D eigenvalue weighted by Crippen LogP contribution is -2.39. The third-order valence-electron chi connectivity index (χ3n) is 4.87. The molecule has 0 spiro atoms. The molecule has 1 aliphatic rings. The van der Waals surface area contributed by atoms with Gasteiger partial charge in [0.25, 0.3) is 0 Å². The average molecular weight is 395 g/mol. The van der Waals surface area contributed by atoms with Gasteiger partial charge in [0, 0.05) is 35.9 Å². The molecule has 0 aliphatic carbocycles. The first kappa shape index (κ1) is 18.8. The zero-order valence-corrected chi connectivity index (χ0v) is 16.9. The maximum absolute atomic E-state index is 6.27. The summed E-state index contributed by atoms with van der Waals surface area (Å²) >= 11 is 6.27. The second-order valence-corrected chi connectivity index (χ2v) is 7.49. The highest BCUT2D eigenvalue weighted by Crippen LogP contribution is 2.25. The van der Waals surface area contributed by atoms with Crippen LogP contribution in [0.15, 0.2) is 48.7 Å². The Kier molecular flexibility index (Phi) is 5.55. The molecule has 1 fully saturated rings. The molecule has 1 saturated heterocycles. The van der Waals surface area contributed by atoms with E-state index in [2.05, 4.69) is 32.0 Å². The van der Waals surface area contributed by atoms with Crippen LogP contribution in [0.1, 0.15) is 34.4 Å². The van der Waals surface area contributed by atoms with Crippen molar-refractivity contribution in [1.29, 1.82) is 0 Å². The molecule has 0 bridgehead atoms. The van der Waals surface area contributed by atoms with Gasteiger partial charge < -0.3 is 9.64 Å². The van der Waals surface area contributed by atoms with Crippen LogP contribution >= 0.6 is 11.6 Å². The fraction of sp³-hybridized carbons (Fsp3) is 0.318. The maximum Gasteiger partial charge on any atom is 0.132 e. The largest absolute Gasteiger partial charge is 0.368 e. The summed E-state index contributed by atoms with van der Waals surface area (Å²) in [6.07, 6.45) is 2.61. The van der Waals surface area contributed by atoms with Crippen LogP contribution in [0.3, 0.4) is 0 Å². The molecule has 0 saturated carbocycles. The van der Waals surface area contributed by atoms with Crippen molar-refractivity contribution in [1.82, 2.24) is 15.0 Å². The van der Waals surface area contributed by atoms with Crippen molar-refractivity contribution in [2.45, 2.75) is 26.4 Å². The molecule has 4 rings (SSSR count). The highest BCUT2D eigenvalue weighted by Gasteiger charge is 2.24. The molecular formula is C22H23ClN4O. The van der Waals surface area contributed by atoms with Gasteiger partial charge in [-0.2, -0.15) is 0 Å². The van der Waals surface area contributed by atoms with E-state index in [1.165, 1.54) is 0 Å². The fourth-order valence-corrected chi connectivity index (χ4v) is 3.69. The smallest absolute Gasteiger partial charge is 0.132 e. The van der Waals surface area contributed by atoms with E-state index in [-0.39, 0.29) is 6.10 Å². The third kappa shape index (κ3) is 4.32. The molecule has 1 atom stereocenters. The number of anilines is 1. The molecule has 0 radical (unpaired) electrons. The molecule has 144 valence electrons. The van der Waals surface area contributed by atoms with Crippen molar-refractivity contribution in [2.75, 3.05) is 24.6 Å². The van der Waals surface area contributed by atoms with Gasteiger partial charge in [0.1, 0.15) is 17.7 Å². The maximum atomic E-state index is 6.27. The molecule has 0 N–H and O–H groups in total. The Bertz CT molecular complexity index is 941. The summed E-state index contributed by atoms with van der Waals surface area (Å²) in [5, 5.41) is 0.785. The number of ether oxygens (including phenoxy) is 1. The summed E-state index contributed by atoms with van der Waals surface area (Å²) in [5.41, 5.74) is 4.16. The van der Waals surface area contributed by atoms with Crippen LogP contribution in [-0.2, 0) is 11.2 Å². The summed E-state index contributed by atoms with van der Waals surface area (Å²) in [6, 6.07) is 14.1. The zero-order chi connectivity index (χ0) is 19.5. The zero-order valence-electron chi connectivity index (χ0n) is 16.1. The first-order valence-corrected chi connectivity index (χ1v) is 9.83. The van der Waals surface area contributed by atoms with Gasteiger partial charge in [-0.3, -0.25) is 4.98 Å². The van der Waals surface area contributed by atoms with Gasteiger partial charge in [0.05, 0.1) is 18.8 Å². The molecule has 1 aromatic carbocycles. The van der Waals surface area contributed by atoms with E-state index in [1.54, 1.807) is 0 Å². The Balaban J connectivity index is 1.47. The fourth-order valence-electron chi connectivity index (χ4n) is 3.49. The Labute approximate surface area is 170 Å². The molecule has 5 nitrogen and oxygen atoms in total. The molecule has 3 heterocycles. The predicted molar refractivity (Wildman–Crippen MR) is 111 cm³/mol. The van der Waals surface area contributed by atoms with E-state index < -0.39 is 0 Å². The molecule has 0 amide bonds. The highest BCUT2D eigenvalue weighted by molar-refractivity contribution is 6.31. The Hall–Kier alpha value is -2.50. The van der Waals surface area contributed by atoms with E-state index in [0.717, 1.165) is 58.7 Å². The third-order valence-corrected chi connectivity index (χ3v) is 5.24. The number of aromatic nitrogens is 3. The summed E-state index contributed by atoms with van der Waals surface area (Å²) in [5.74, 6) is 1.74. The number of pyridine rings is 1. The summed E-state index contributed by atoms with van der Waals surface area (Å²) in [6.45, 7) is 6.11. The topological polar surface area (TPSA) is 51.1 Å². The molecule has 6 heteroatoms. The number of benzene rings is 1. The van der Waals surface area contributed by atoms with Gasteiger partial charge in [-0.15, -0.1) is 0 Å². The van der Waals surface area contributed by atoms with E-state index in [1.807, 2.05) is 50.4 Å². The summed E-state index contributed by atoms with van der Waals surface area (Å²) in [7, 11) is 0. The Morgan fingerprint density at radius 1 is 1.14 bits per heavy atom. The normalized spacial score (nSPS) is 17.0. The molecular weight excluding hydrogens is 372 g/mol. The molecule has 0 unspecified atom stereocenters. The Morgan fingerprint density at radius 2 is 2.00 bits per heavy atom. The van der Waals surface area contributed by atoms with Crippen molar-refractivity contribution in [3.05, 3.63) is 82.0 Å². The van der Waals surface area contributed by atoms with Gasteiger partial charge in [-0.1, -0.05) is 35.9 Å². The number of nitrogens with zero attached hydrogens (tertiary/aromatic N) is 4. The highest BCUT2D eigenvalue weighted by atomic mass is 35.5. The Morgan fingerprint density at radius 3 is 2.75 bits per heavy atom. The number of rotatable bonds is 4. The van der Waals surface area contributed by atoms with Crippen molar-refractivity contribution >= 4 is 17.4 Å². The molecule has 2 aromatic heterocycles. The van der Waals surface area contributed by atoms with Crippen LogP contribution in [0.5, 0.6) is 0 Å². The van der Waals surface area contributed by atoms with Crippen LogP contribution in [0, 0.1) is 13.8 Å². The number of morpholine rings is 1. The van der Waals surface area contributed by atoms with Gasteiger partial charge >= 0.3 is 0 Å². The monoisotopic (exact) mass is 394 g/mol. The molecule has 3 aromatic rings. The average Bonchev–Trinajstić information content (AvgIpc) is 2.70. The first-order valence-electron chi connectivity index (χ1n) is 9.45. The molecule has 28 heavy (non-hydrogen) atoms. The van der Waals surface area contributed by atoms with Crippen LogP contribution in [0.4, 0.5) is 5.82 Å².